The zero-order chi connectivity index (χ0) is 15.0. The molecular formula is C16H14Cl2N2S. The van der Waals surface area contributed by atoms with Crippen molar-refractivity contribution < 1.29 is 0 Å². The predicted molar refractivity (Wildman–Crippen MR) is 92.9 cm³/mol. The number of benzene rings is 1. The number of aryl methyl sites for hydroxylation is 1. The van der Waals surface area contributed by atoms with Crippen LogP contribution in [0.2, 0.25) is 9.36 Å². The number of fused-ring (bicyclic) bond motifs is 1. The highest BCUT2D eigenvalue weighted by molar-refractivity contribution is 7.14. The molecule has 0 radical (unpaired) electrons. The summed E-state index contributed by atoms with van der Waals surface area (Å²) >= 11 is 14.0. The van der Waals surface area contributed by atoms with Gasteiger partial charge in [0.15, 0.2) is 0 Å². The van der Waals surface area contributed by atoms with Crippen molar-refractivity contribution in [2.24, 2.45) is 0 Å². The summed E-state index contributed by atoms with van der Waals surface area (Å²) in [6.45, 7) is 4.11. The molecule has 0 spiro atoms. The average molecular weight is 337 g/mol. The van der Waals surface area contributed by atoms with E-state index in [1.165, 1.54) is 11.3 Å². The summed E-state index contributed by atoms with van der Waals surface area (Å²) in [4.78, 5) is 4.45. The first-order valence-electron chi connectivity index (χ1n) is 6.60. The number of nitrogens with zero attached hydrogens (tertiary/aromatic N) is 1. The molecule has 1 aromatic carbocycles. The monoisotopic (exact) mass is 336 g/mol. The second kappa shape index (κ2) is 5.84. The van der Waals surface area contributed by atoms with Gasteiger partial charge in [-0.15, -0.1) is 11.3 Å². The Labute approximate surface area is 137 Å². The van der Waals surface area contributed by atoms with Gasteiger partial charge in [0.25, 0.3) is 0 Å². The van der Waals surface area contributed by atoms with Crippen molar-refractivity contribution in [3.63, 3.8) is 0 Å². The maximum atomic E-state index is 6.43. The van der Waals surface area contributed by atoms with Crippen LogP contribution >= 0.6 is 34.5 Å². The van der Waals surface area contributed by atoms with Crippen LogP contribution in [0.15, 0.2) is 35.8 Å². The van der Waals surface area contributed by atoms with Crippen molar-refractivity contribution in [2.45, 2.75) is 19.9 Å². The predicted octanol–water partition coefficient (Wildman–Crippen LogP) is 6.08. The number of hydrogen-bond acceptors (Lipinski definition) is 3. The van der Waals surface area contributed by atoms with Crippen molar-refractivity contribution in [3.8, 4) is 0 Å². The molecule has 0 aliphatic rings. The summed E-state index contributed by atoms with van der Waals surface area (Å²) in [5, 5.41) is 7.29. The van der Waals surface area contributed by atoms with Crippen LogP contribution in [0.3, 0.4) is 0 Å². The first-order chi connectivity index (χ1) is 10.1. The Bertz CT molecular complexity index is 798. The highest BCUT2D eigenvalue weighted by Gasteiger charge is 2.14. The molecule has 0 amide bonds. The van der Waals surface area contributed by atoms with Crippen molar-refractivity contribution in [1.82, 2.24) is 4.98 Å². The summed E-state index contributed by atoms with van der Waals surface area (Å²) in [7, 11) is 0. The second-order valence-electron chi connectivity index (χ2n) is 5.00. The molecule has 0 aliphatic carbocycles. The van der Waals surface area contributed by atoms with Gasteiger partial charge in [-0.25, -0.2) is 0 Å². The van der Waals surface area contributed by atoms with Crippen LogP contribution in [0.25, 0.3) is 10.9 Å². The SMILES string of the molecule is Cc1cc(Cl)c(NC(C)c2csc(Cl)c2)c2cccnc12. The van der Waals surface area contributed by atoms with E-state index in [9.17, 15) is 0 Å². The van der Waals surface area contributed by atoms with Crippen molar-refractivity contribution in [3.05, 3.63) is 56.3 Å². The Morgan fingerprint density at radius 3 is 2.81 bits per heavy atom. The molecule has 2 aromatic heterocycles. The van der Waals surface area contributed by atoms with Crippen molar-refractivity contribution in [1.29, 1.82) is 0 Å². The molecule has 5 heteroatoms. The fraction of sp³-hybridized carbons (Fsp3) is 0.188. The Morgan fingerprint density at radius 2 is 2.10 bits per heavy atom. The van der Waals surface area contributed by atoms with Gasteiger partial charge in [0.05, 0.1) is 20.6 Å². The molecule has 21 heavy (non-hydrogen) atoms. The number of thiophene rings is 1. The zero-order valence-corrected chi connectivity index (χ0v) is 14.0. The van der Waals surface area contributed by atoms with E-state index in [0.29, 0.717) is 5.02 Å². The van der Waals surface area contributed by atoms with E-state index < -0.39 is 0 Å². The van der Waals surface area contributed by atoms with E-state index in [4.69, 9.17) is 23.2 Å². The Balaban J connectivity index is 2.04. The lowest BCUT2D eigenvalue weighted by Crippen LogP contribution is -2.07. The molecule has 0 saturated heterocycles. The van der Waals surface area contributed by atoms with Crippen LogP contribution in [0.5, 0.6) is 0 Å². The summed E-state index contributed by atoms with van der Waals surface area (Å²) in [5.41, 5.74) is 4.12. The third kappa shape index (κ3) is 2.86. The van der Waals surface area contributed by atoms with Crippen LogP contribution in [-0.2, 0) is 0 Å². The molecule has 2 nitrogen and oxygen atoms in total. The van der Waals surface area contributed by atoms with Gasteiger partial charge < -0.3 is 5.32 Å². The molecule has 3 aromatic rings. The fourth-order valence-electron chi connectivity index (χ4n) is 2.38. The van der Waals surface area contributed by atoms with Crippen LogP contribution in [0.4, 0.5) is 5.69 Å². The first kappa shape index (κ1) is 14.6. The third-order valence-electron chi connectivity index (χ3n) is 3.48. The van der Waals surface area contributed by atoms with E-state index in [1.807, 2.05) is 31.2 Å². The van der Waals surface area contributed by atoms with Crippen molar-refractivity contribution >= 4 is 51.1 Å². The molecule has 1 N–H and O–H groups in total. The van der Waals surface area contributed by atoms with E-state index >= 15 is 0 Å². The number of nitrogens with one attached hydrogen (secondary N) is 1. The minimum absolute atomic E-state index is 0.123. The van der Waals surface area contributed by atoms with Crippen LogP contribution in [0.1, 0.15) is 24.1 Å². The lowest BCUT2D eigenvalue weighted by Gasteiger charge is -2.18. The number of hydrogen-bond donors (Lipinski definition) is 1. The van der Waals surface area contributed by atoms with E-state index in [1.54, 1.807) is 6.20 Å². The van der Waals surface area contributed by atoms with E-state index in [2.05, 4.69) is 22.6 Å². The highest BCUT2D eigenvalue weighted by atomic mass is 35.5. The van der Waals surface area contributed by atoms with Crippen LogP contribution in [0, 0.1) is 6.92 Å². The molecule has 1 unspecified atom stereocenters. The molecule has 0 saturated carbocycles. The van der Waals surface area contributed by atoms with Gasteiger partial charge in [0.2, 0.25) is 0 Å². The minimum atomic E-state index is 0.123. The largest absolute Gasteiger partial charge is 0.377 e. The fourth-order valence-corrected chi connectivity index (χ4v) is 3.68. The second-order valence-corrected chi connectivity index (χ2v) is 6.95. The minimum Gasteiger partial charge on any atom is -0.377 e. The molecule has 1 atom stereocenters. The summed E-state index contributed by atoms with van der Waals surface area (Å²) < 4.78 is 0.792. The standard InChI is InChI=1S/C16H14Cl2N2S/c1-9-6-13(17)16(12-4-3-5-19-15(9)12)20-10(2)11-7-14(18)21-8-11/h3-8,10,20H,1-2H3. The van der Waals surface area contributed by atoms with Crippen LogP contribution in [-0.4, -0.2) is 4.98 Å². The molecule has 108 valence electrons. The van der Waals surface area contributed by atoms with Gasteiger partial charge >= 0.3 is 0 Å². The highest BCUT2D eigenvalue weighted by Crippen LogP contribution is 2.36. The summed E-state index contributed by atoms with van der Waals surface area (Å²) in [6, 6.07) is 8.02. The maximum absolute atomic E-state index is 6.43. The van der Waals surface area contributed by atoms with Crippen LogP contribution < -0.4 is 5.32 Å². The average Bonchev–Trinajstić information content (AvgIpc) is 2.90. The molecule has 2 heterocycles. The van der Waals surface area contributed by atoms with Gasteiger partial charge in [-0.05, 0) is 54.6 Å². The lowest BCUT2D eigenvalue weighted by atomic mass is 10.1. The molecule has 3 rings (SSSR count). The number of aromatic nitrogens is 1. The van der Waals surface area contributed by atoms with Gasteiger partial charge in [0.1, 0.15) is 0 Å². The molecule has 0 fully saturated rings. The van der Waals surface area contributed by atoms with Gasteiger partial charge in [-0.2, -0.15) is 0 Å². The third-order valence-corrected chi connectivity index (χ3v) is 4.89. The van der Waals surface area contributed by atoms with Gasteiger partial charge in [-0.1, -0.05) is 23.2 Å². The smallest absolute Gasteiger partial charge is 0.0931 e. The van der Waals surface area contributed by atoms with Gasteiger partial charge in [0, 0.05) is 17.6 Å². The zero-order valence-electron chi connectivity index (χ0n) is 11.7. The number of pyridine rings is 1. The summed E-state index contributed by atoms with van der Waals surface area (Å²) in [5.74, 6) is 0. The molecular weight excluding hydrogens is 323 g/mol. The van der Waals surface area contributed by atoms with E-state index in [0.717, 1.165) is 32.1 Å². The maximum Gasteiger partial charge on any atom is 0.0931 e. The lowest BCUT2D eigenvalue weighted by molar-refractivity contribution is 0.892. The van der Waals surface area contributed by atoms with Crippen molar-refractivity contribution in [2.75, 3.05) is 5.32 Å². The number of rotatable bonds is 3. The number of anilines is 1. The topological polar surface area (TPSA) is 24.9 Å². The summed E-state index contributed by atoms with van der Waals surface area (Å²) in [6.07, 6.45) is 1.80. The number of halogens is 2. The Kier molecular flexibility index (Phi) is 4.07. The first-order valence-corrected chi connectivity index (χ1v) is 8.24. The molecule has 0 bridgehead atoms. The Morgan fingerprint density at radius 1 is 1.29 bits per heavy atom. The molecule has 0 aliphatic heterocycles. The van der Waals surface area contributed by atoms with Gasteiger partial charge in [-0.3, -0.25) is 4.98 Å². The Hall–Kier alpha value is -1.29. The normalized spacial score (nSPS) is 12.6. The quantitative estimate of drug-likeness (QED) is 0.626. The van der Waals surface area contributed by atoms with E-state index in [-0.39, 0.29) is 6.04 Å².